The lowest BCUT2D eigenvalue weighted by Crippen LogP contribution is -2.11. The minimum absolute atomic E-state index is 0.0119. The lowest BCUT2D eigenvalue weighted by molar-refractivity contribution is 0.0464. The number of methoxy groups -OCH3 is 1. The molecule has 0 unspecified atom stereocenters. The first-order chi connectivity index (χ1) is 13.4. The highest BCUT2D eigenvalue weighted by Gasteiger charge is 2.17. The van der Waals surface area contributed by atoms with Crippen LogP contribution in [0.25, 0.3) is 5.82 Å². The number of pyridine rings is 1. The molecule has 0 aliphatic carbocycles. The van der Waals surface area contributed by atoms with E-state index in [4.69, 9.17) is 16.3 Å². The first kappa shape index (κ1) is 19.6. The quantitative estimate of drug-likeness (QED) is 0.608. The van der Waals surface area contributed by atoms with E-state index < -0.39 is 11.9 Å². The Morgan fingerprint density at radius 2 is 1.79 bits per heavy atom. The zero-order chi connectivity index (χ0) is 20.3. The Labute approximate surface area is 166 Å². The molecule has 2 aromatic heterocycles. The molecule has 0 spiro atoms. The molecular formula is C20H18ClN3O4. The maximum atomic E-state index is 12.5. The van der Waals surface area contributed by atoms with Gasteiger partial charge in [0.1, 0.15) is 6.61 Å². The summed E-state index contributed by atoms with van der Waals surface area (Å²) >= 11 is 6.13. The Balaban J connectivity index is 1.74. The molecule has 0 atom stereocenters. The lowest BCUT2D eigenvalue weighted by atomic mass is 10.1. The highest BCUT2D eigenvalue weighted by atomic mass is 35.5. The van der Waals surface area contributed by atoms with Gasteiger partial charge < -0.3 is 9.47 Å². The Morgan fingerprint density at radius 3 is 2.39 bits per heavy atom. The normalized spacial score (nSPS) is 10.6. The SMILES string of the molecule is COC(=O)c1ccc(COC(=O)c2nc(-n3nc(C)cc3C)ccc2Cl)cc1. The molecule has 1 aromatic carbocycles. The Morgan fingerprint density at radius 1 is 1.07 bits per heavy atom. The number of benzene rings is 1. The van der Waals surface area contributed by atoms with Gasteiger partial charge in [0, 0.05) is 5.69 Å². The molecule has 0 radical (unpaired) electrons. The Kier molecular flexibility index (Phi) is 5.75. The molecule has 0 bridgehead atoms. The topological polar surface area (TPSA) is 83.3 Å². The fourth-order valence-electron chi connectivity index (χ4n) is 2.63. The van der Waals surface area contributed by atoms with Crippen molar-refractivity contribution in [1.29, 1.82) is 0 Å². The highest BCUT2D eigenvalue weighted by molar-refractivity contribution is 6.33. The third kappa shape index (κ3) is 4.20. The van der Waals surface area contributed by atoms with E-state index in [9.17, 15) is 9.59 Å². The number of nitrogens with zero attached hydrogens (tertiary/aromatic N) is 3. The van der Waals surface area contributed by atoms with Crippen LogP contribution in [0, 0.1) is 13.8 Å². The number of halogens is 1. The molecule has 0 saturated carbocycles. The zero-order valence-corrected chi connectivity index (χ0v) is 16.4. The number of aryl methyl sites for hydroxylation is 2. The lowest BCUT2D eigenvalue weighted by Gasteiger charge is -2.09. The van der Waals surface area contributed by atoms with Crippen LogP contribution in [0.15, 0.2) is 42.5 Å². The van der Waals surface area contributed by atoms with Crippen LogP contribution < -0.4 is 0 Å². The molecule has 0 fully saturated rings. The third-order valence-corrected chi connectivity index (χ3v) is 4.30. The summed E-state index contributed by atoms with van der Waals surface area (Å²) in [6.07, 6.45) is 0. The highest BCUT2D eigenvalue weighted by Crippen LogP contribution is 2.19. The number of hydrogen-bond acceptors (Lipinski definition) is 6. The van der Waals surface area contributed by atoms with Crippen molar-refractivity contribution in [1.82, 2.24) is 14.8 Å². The van der Waals surface area contributed by atoms with Crippen LogP contribution in [0.4, 0.5) is 0 Å². The molecule has 0 amide bonds. The molecule has 3 aromatic rings. The molecule has 144 valence electrons. The first-order valence-electron chi connectivity index (χ1n) is 8.43. The van der Waals surface area contributed by atoms with E-state index in [1.807, 2.05) is 19.9 Å². The second-order valence-corrected chi connectivity index (χ2v) is 6.51. The van der Waals surface area contributed by atoms with Gasteiger partial charge in [-0.2, -0.15) is 5.10 Å². The summed E-state index contributed by atoms with van der Waals surface area (Å²) in [5.41, 5.74) is 2.87. The summed E-state index contributed by atoms with van der Waals surface area (Å²) in [4.78, 5) is 28.2. The fraction of sp³-hybridized carbons (Fsp3) is 0.200. The molecule has 0 aliphatic rings. The predicted molar refractivity (Wildman–Crippen MR) is 103 cm³/mol. The van der Waals surface area contributed by atoms with Crippen molar-refractivity contribution in [3.05, 3.63) is 75.7 Å². The number of esters is 2. The van der Waals surface area contributed by atoms with Crippen LogP contribution in [0.5, 0.6) is 0 Å². The summed E-state index contributed by atoms with van der Waals surface area (Å²) < 4.78 is 11.6. The van der Waals surface area contributed by atoms with E-state index in [1.165, 1.54) is 7.11 Å². The largest absolute Gasteiger partial charge is 0.465 e. The fourth-order valence-corrected chi connectivity index (χ4v) is 2.81. The number of carbonyl (C=O) groups is 2. The maximum absolute atomic E-state index is 12.5. The molecule has 28 heavy (non-hydrogen) atoms. The van der Waals surface area contributed by atoms with Crippen LogP contribution in [0.2, 0.25) is 5.02 Å². The summed E-state index contributed by atoms with van der Waals surface area (Å²) in [5.74, 6) is -0.602. The molecule has 2 heterocycles. The van der Waals surface area contributed by atoms with E-state index >= 15 is 0 Å². The number of carbonyl (C=O) groups excluding carboxylic acids is 2. The van der Waals surface area contributed by atoms with Gasteiger partial charge in [-0.25, -0.2) is 19.3 Å². The average Bonchev–Trinajstić information content (AvgIpc) is 3.04. The molecule has 3 rings (SSSR count). The number of ether oxygens (including phenoxy) is 2. The van der Waals surface area contributed by atoms with E-state index in [-0.39, 0.29) is 17.3 Å². The smallest absolute Gasteiger partial charge is 0.358 e. The number of aromatic nitrogens is 3. The Hall–Kier alpha value is -3.19. The minimum atomic E-state index is -0.648. The van der Waals surface area contributed by atoms with Crippen LogP contribution in [-0.2, 0) is 16.1 Å². The van der Waals surface area contributed by atoms with Crippen molar-refractivity contribution in [2.75, 3.05) is 7.11 Å². The van der Waals surface area contributed by atoms with Crippen molar-refractivity contribution in [2.24, 2.45) is 0 Å². The number of hydrogen-bond donors (Lipinski definition) is 0. The molecule has 7 nitrogen and oxygen atoms in total. The summed E-state index contributed by atoms with van der Waals surface area (Å²) in [6.45, 7) is 3.79. The van der Waals surface area contributed by atoms with Gasteiger partial charge in [0.25, 0.3) is 0 Å². The molecule has 0 aliphatic heterocycles. The van der Waals surface area contributed by atoms with Crippen LogP contribution in [-0.4, -0.2) is 33.8 Å². The summed E-state index contributed by atoms with van der Waals surface area (Å²) in [6, 6.07) is 11.7. The maximum Gasteiger partial charge on any atom is 0.358 e. The first-order valence-corrected chi connectivity index (χ1v) is 8.81. The standard InChI is InChI=1S/C20H18ClN3O4/c1-12-10-13(2)24(23-12)17-9-8-16(21)18(22-17)20(26)28-11-14-4-6-15(7-5-14)19(25)27-3/h4-10H,11H2,1-3H3. The second-order valence-electron chi connectivity index (χ2n) is 6.10. The monoisotopic (exact) mass is 399 g/mol. The van der Waals surface area contributed by atoms with Gasteiger partial charge in [0.05, 0.1) is 23.4 Å². The minimum Gasteiger partial charge on any atom is -0.465 e. The van der Waals surface area contributed by atoms with Gasteiger partial charge >= 0.3 is 11.9 Å². The van der Waals surface area contributed by atoms with Gasteiger partial charge in [0.2, 0.25) is 0 Å². The Bertz CT molecular complexity index is 1030. The van der Waals surface area contributed by atoms with Crippen molar-refractivity contribution in [3.8, 4) is 5.82 Å². The molecule has 0 N–H and O–H groups in total. The third-order valence-electron chi connectivity index (χ3n) is 4.00. The summed E-state index contributed by atoms with van der Waals surface area (Å²) in [7, 11) is 1.31. The van der Waals surface area contributed by atoms with Crippen molar-refractivity contribution >= 4 is 23.5 Å². The van der Waals surface area contributed by atoms with Gasteiger partial charge in [-0.15, -0.1) is 0 Å². The number of rotatable bonds is 5. The van der Waals surface area contributed by atoms with Crippen molar-refractivity contribution in [2.45, 2.75) is 20.5 Å². The van der Waals surface area contributed by atoms with Crippen LogP contribution in [0.3, 0.4) is 0 Å². The van der Waals surface area contributed by atoms with E-state index in [0.29, 0.717) is 16.9 Å². The van der Waals surface area contributed by atoms with Gasteiger partial charge in [-0.1, -0.05) is 23.7 Å². The zero-order valence-electron chi connectivity index (χ0n) is 15.6. The summed E-state index contributed by atoms with van der Waals surface area (Å²) in [5, 5.41) is 4.55. The molecule has 0 saturated heterocycles. The second kappa shape index (κ2) is 8.22. The van der Waals surface area contributed by atoms with E-state index in [1.54, 1.807) is 41.1 Å². The van der Waals surface area contributed by atoms with Crippen LogP contribution in [0.1, 0.15) is 37.8 Å². The van der Waals surface area contributed by atoms with Gasteiger partial charge in [-0.3, -0.25) is 0 Å². The van der Waals surface area contributed by atoms with Gasteiger partial charge in [-0.05, 0) is 49.7 Å². The van der Waals surface area contributed by atoms with Crippen molar-refractivity contribution in [3.63, 3.8) is 0 Å². The van der Waals surface area contributed by atoms with Gasteiger partial charge in [0.15, 0.2) is 11.5 Å². The van der Waals surface area contributed by atoms with E-state index in [0.717, 1.165) is 11.4 Å². The predicted octanol–water partition coefficient (Wildman–Crippen LogP) is 3.68. The molecular weight excluding hydrogens is 382 g/mol. The molecule has 8 heteroatoms. The van der Waals surface area contributed by atoms with Crippen LogP contribution >= 0.6 is 11.6 Å². The van der Waals surface area contributed by atoms with Crippen molar-refractivity contribution < 1.29 is 19.1 Å². The average molecular weight is 400 g/mol. The van der Waals surface area contributed by atoms with E-state index in [2.05, 4.69) is 14.8 Å².